The Kier molecular flexibility index (Phi) is 7.79. The Bertz CT molecular complexity index is 549. The molecule has 0 saturated heterocycles. The maximum Gasteiger partial charge on any atom is 0.223 e. The zero-order valence-corrected chi connectivity index (χ0v) is 14.5. The van der Waals surface area contributed by atoms with Crippen molar-refractivity contribution in [1.29, 1.82) is 0 Å². The summed E-state index contributed by atoms with van der Waals surface area (Å²) in [5.41, 5.74) is 8.00. The Morgan fingerprint density at radius 2 is 1.43 bits per heavy atom. The van der Waals surface area contributed by atoms with E-state index in [1.54, 1.807) is 4.90 Å². The number of rotatable bonds is 6. The van der Waals surface area contributed by atoms with Gasteiger partial charge in [0.05, 0.1) is 0 Å². The number of halogens is 1. The van der Waals surface area contributed by atoms with Gasteiger partial charge in [0.2, 0.25) is 5.91 Å². The Morgan fingerprint density at radius 1 is 1.00 bits per heavy atom. The molecule has 0 radical (unpaired) electrons. The monoisotopic (exact) mass is 332 g/mol. The molecular formula is C19H25ClN2O. The zero-order chi connectivity index (χ0) is 15.9. The molecule has 0 aliphatic heterocycles. The minimum atomic E-state index is 0. The molecule has 1 amide bonds. The van der Waals surface area contributed by atoms with Crippen LogP contribution >= 0.6 is 12.4 Å². The second-order valence-corrected chi connectivity index (χ2v) is 5.67. The van der Waals surface area contributed by atoms with E-state index in [-0.39, 0.29) is 30.3 Å². The molecule has 124 valence electrons. The molecular weight excluding hydrogens is 308 g/mol. The van der Waals surface area contributed by atoms with E-state index < -0.39 is 0 Å². The third kappa shape index (κ3) is 5.08. The lowest BCUT2D eigenvalue weighted by atomic mass is 9.88. The van der Waals surface area contributed by atoms with Crippen LogP contribution in [0.1, 0.15) is 30.4 Å². The number of amides is 1. The Balaban J connectivity index is 0.00000264. The van der Waals surface area contributed by atoms with Gasteiger partial charge in [0.25, 0.3) is 0 Å². The van der Waals surface area contributed by atoms with Crippen LogP contribution in [0.3, 0.4) is 0 Å². The van der Waals surface area contributed by atoms with E-state index in [1.807, 2.05) is 50.4 Å². The van der Waals surface area contributed by atoms with E-state index in [0.29, 0.717) is 13.0 Å². The normalized spacial score (nSPS) is 11.7. The van der Waals surface area contributed by atoms with Gasteiger partial charge in [0, 0.05) is 32.0 Å². The first kappa shape index (κ1) is 19.2. The summed E-state index contributed by atoms with van der Waals surface area (Å²) >= 11 is 0. The van der Waals surface area contributed by atoms with Crippen molar-refractivity contribution < 1.29 is 4.79 Å². The van der Waals surface area contributed by atoms with Gasteiger partial charge < -0.3 is 10.6 Å². The molecule has 0 saturated carbocycles. The van der Waals surface area contributed by atoms with Gasteiger partial charge in [-0.05, 0) is 18.1 Å². The number of nitrogens with two attached hydrogens (primary N) is 1. The minimum Gasteiger partial charge on any atom is -0.342 e. The summed E-state index contributed by atoms with van der Waals surface area (Å²) in [6.45, 7) is 2.45. The van der Waals surface area contributed by atoms with Gasteiger partial charge in [0.1, 0.15) is 0 Å². The lowest BCUT2D eigenvalue weighted by Crippen LogP contribution is -2.40. The summed E-state index contributed by atoms with van der Waals surface area (Å²) in [4.78, 5) is 14.3. The Hall–Kier alpha value is -1.84. The summed E-state index contributed by atoms with van der Waals surface area (Å²) in [6.07, 6.45) is 0.453. The fourth-order valence-corrected chi connectivity index (χ4v) is 2.52. The van der Waals surface area contributed by atoms with Crippen LogP contribution in [0.5, 0.6) is 0 Å². The number of nitrogens with zero attached hydrogens (tertiary/aromatic N) is 1. The van der Waals surface area contributed by atoms with Crippen molar-refractivity contribution in [3.63, 3.8) is 0 Å². The van der Waals surface area contributed by atoms with Crippen LogP contribution < -0.4 is 5.73 Å². The Morgan fingerprint density at radius 3 is 1.83 bits per heavy atom. The molecule has 0 aromatic heterocycles. The van der Waals surface area contributed by atoms with Crippen LogP contribution in [0.2, 0.25) is 0 Å². The lowest BCUT2D eigenvalue weighted by molar-refractivity contribution is -0.131. The van der Waals surface area contributed by atoms with Crippen LogP contribution in [0.25, 0.3) is 0 Å². The highest BCUT2D eigenvalue weighted by molar-refractivity contribution is 5.85. The van der Waals surface area contributed by atoms with Crippen LogP contribution in [-0.4, -0.2) is 30.4 Å². The molecule has 1 unspecified atom stereocenters. The Labute approximate surface area is 144 Å². The van der Waals surface area contributed by atoms with Crippen molar-refractivity contribution in [2.24, 2.45) is 5.73 Å². The fraction of sp³-hybridized carbons (Fsp3) is 0.316. The first-order chi connectivity index (χ1) is 10.6. The molecule has 3 nitrogen and oxygen atoms in total. The van der Waals surface area contributed by atoms with Gasteiger partial charge in [-0.2, -0.15) is 0 Å². The predicted octanol–water partition coefficient (Wildman–Crippen LogP) is 3.44. The number of hydrogen-bond acceptors (Lipinski definition) is 2. The third-order valence-corrected chi connectivity index (χ3v) is 4.18. The van der Waals surface area contributed by atoms with Crippen molar-refractivity contribution in [2.75, 3.05) is 13.6 Å². The third-order valence-electron chi connectivity index (χ3n) is 4.18. The van der Waals surface area contributed by atoms with Gasteiger partial charge in [-0.25, -0.2) is 0 Å². The molecule has 4 heteroatoms. The smallest absolute Gasteiger partial charge is 0.223 e. The van der Waals surface area contributed by atoms with E-state index in [1.165, 1.54) is 0 Å². The average molecular weight is 333 g/mol. The lowest BCUT2D eigenvalue weighted by Gasteiger charge is -2.26. The molecule has 2 rings (SSSR count). The fourth-order valence-electron chi connectivity index (χ4n) is 2.52. The van der Waals surface area contributed by atoms with Gasteiger partial charge >= 0.3 is 0 Å². The maximum atomic E-state index is 12.6. The van der Waals surface area contributed by atoms with E-state index in [0.717, 1.165) is 11.1 Å². The SMILES string of the molecule is CC(CN)N(C)C(=O)CC(c1ccccc1)c1ccccc1.Cl. The van der Waals surface area contributed by atoms with Crippen LogP contribution in [0, 0.1) is 0 Å². The molecule has 2 aromatic carbocycles. The van der Waals surface area contributed by atoms with Crippen LogP contribution in [-0.2, 0) is 4.79 Å². The van der Waals surface area contributed by atoms with Crippen molar-refractivity contribution in [1.82, 2.24) is 4.90 Å². The number of carbonyl (C=O) groups excluding carboxylic acids is 1. The highest BCUT2D eigenvalue weighted by atomic mass is 35.5. The zero-order valence-electron chi connectivity index (χ0n) is 13.7. The second-order valence-electron chi connectivity index (χ2n) is 5.67. The summed E-state index contributed by atoms with van der Waals surface area (Å²) in [7, 11) is 1.83. The first-order valence-corrected chi connectivity index (χ1v) is 7.69. The number of carbonyl (C=O) groups is 1. The summed E-state index contributed by atoms with van der Waals surface area (Å²) in [5, 5.41) is 0. The van der Waals surface area contributed by atoms with E-state index in [4.69, 9.17) is 5.73 Å². The second kappa shape index (κ2) is 9.33. The maximum absolute atomic E-state index is 12.6. The summed E-state index contributed by atoms with van der Waals surface area (Å²) in [6, 6.07) is 20.4. The predicted molar refractivity (Wildman–Crippen MR) is 97.9 cm³/mol. The molecule has 2 aromatic rings. The largest absolute Gasteiger partial charge is 0.342 e. The molecule has 0 spiro atoms. The minimum absolute atomic E-state index is 0. The highest BCUT2D eigenvalue weighted by Crippen LogP contribution is 2.28. The van der Waals surface area contributed by atoms with Crippen LogP contribution in [0.15, 0.2) is 60.7 Å². The molecule has 0 aliphatic carbocycles. The van der Waals surface area contributed by atoms with E-state index in [9.17, 15) is 4.79 Å². The molecule has 23 heavy (non-hydrogen) atoms. The quantitative estimate of drug-likeness (QED) is 0.880. The molecule has 0 bridgehead atoms. The molecule has 0 heterocycles. The van der Waals surface area contributed by atoms with E-state index in [2.05, 4.69) is 24.3 Å². The first-order valence-electron chi connectivity index (χ1n) is 7.69. The molecule has 1 atom stereocenters. The molecule has 0 aliphatic rings. The topological polar surface area (TPSA) is 46.3 Å². The average Bonchev–Trinajstić information content (AvgIpc) is 2.59. The van der Waals surface area contributed by atoms with Gasteiger partial charge in [-0.1, -0.05) is 60.7 Å². The molecule has 0 fully saturated rings. The van der Waals surface area contributed by atoms with E-state index >= 15 is 0 Å². The standard InChI is InChI=1S/C19H24N2O.ClH/c1-15(14-20)21(2)19(22)13-18(16-9-5-3-6-10-16)17-11-7-4-8-12-17;/h3-12,15,18H,13-14,20H2,1-2H3;1H. The van der Waals surface area contributed by atoms with Crippen LogP contribution in [0.4, 0.5) is 0 Å². The van der Waals surface area contributed by atoms with Crippen molar-refractivity contribution >= 4 is 18.3 Å². The van der Waals surface area contributed by atoms with Crippen molar-refractivity contribution in [3.8, 4) is 0 Å². The number of benzene rings is 2. The summed E-state index contributed by atoms with van der Waals surface area (Å²) < 4.78 is 0. The van der Waals surface area contributed by atoms with Gasteiger partial charge in [0.15, 0.2) is 0 Å². The summed E-state index contributed by atoms with van der Waals surface area (Å²) in [5.74, 6) is 0.193. The number of hydrogen-bond donors (Lipinski definition) is 1. The number of likely N-dealkylation sites (N-methyl/N-ethyl adjacent to an activating group) is 1. The van der Waals surface area contributed by atoms with Crippen molar-refractivity contribution in [3.05, 3.63) is 71.8 Å². The van der Waals surface area contributed by atoms with Gasteiger partial charge in [-0.3, -0.25) is 4.79 Å². The van der Waals surface area contributed by atoms with Gasteiger partial charge in [-0.15, -0.1) is 12.4 Å². The highest BCUT2D eigenvalue weighted by Gasteiger charge is 2.22. The molecule has 2 N–H and O–H groups in total. The van der Waals surface area contributed by atoms with Crippen molar-refractivity contribution in [2.45, 2.75) is 25.3 Å².